The van der Waals surface area contributed by atoms with Crippen molar-refractivity contribution in [1.82, 2.24) is 10.6 Å². The third-order valence-corrected chi connectivity index (χ3v) is 21.2. The lowest BCUT2D eigenvalue weighted by Crippen LogP contribution is -2.67. The summed E-state index contributed by atoms with van der Waals surface area (Å²) in [6, 6.07) is -2.91. The highest BCUT2D eigenvalue weighted by Gasteiger charge is 2.54. The van der Waals surface area contributed by atoms with Crippen LogP contribution in [0.2, 0.25) is 0 Å². The number of unbranched alkanes of at least 4 members (excludes halogenated alkanes) is 40. The predicted octanol–water partition coefficient (Wildman–Crippen LogP) is 16.3. The van der Waals surface area contributed by atoms with Crippen LogP contribution >= 0.6 is 7.82 Å². The summed E-state index contributed by atoms with van der Waals surface area (Å²) in [4.78, 5) is 91.1. The van der Waals surface area contributed by atoms with Gasteiger partial charge in [0.15, 0.2) is 18.5 Å². The fraction of sp³-hybridized carbons (Fsp3) is 0.938. The van der Waals surface area contributed by atoms with Crippen molar-refractivity contribution < 1.29 is 96.8 Å². The zero-order chi connectivity index (χ0) is 76.4. The van der Waals surface area contributed by atoms with Crippen LogP contribution in [0.25, 0.3) is 0 Å². The number of carbonyl (C=O) groups excluding carboxylic acids is 5. The third kappa shape index (κ3) is 48.6. The van der Waals surface area contributed by atoms with E-state index in [1.165, 1.54) is 103 Å². The van der Waals surface area contributed by atoms with Crippen molar-refractivity contribution in [3.05, 3.63) is 0 Å². The van der Waals surface area contributed by atoms with Gasteiger partial charge in [0, 0.05) is 6.42 Å². The van der Waals surface area contributed by atoms with E-state index in [9.17, 15) is 63.9 Å². The van der Waals surface area contributed by atoms with E-state index in [0.29, 0.717) is 44.9 Å². The molecule has 10 unspecified atom stereocenters. The Kier molecular flexibility index (Phi) is 58.8. The number of hydrogen-bond acceptors (Lipinski definition) is 18. The third-order valence-electron chi connectivity index (χ3n) is 20.6. The second-order valence-corrected chi connectivity index (χ2v) is 31.7. The van der Waals surface area contributed by atoms with Crippen LogP contribution in [0, 0.1) is 0 Å². The van der Waals surface area contributed by atoms with Gasteiger partial charge >= 0.3 is 25.7 Å². The second-order valence-electron chi connectivity index (χ2n) is 30.5. The van der Waals surface area contributed by atoms with Crippen molar-refractivity contribution in [2.75, 3.05) is 13.2 Å². The number of hydrogen-bond donors (Lipinski definition) is 9. The predicted molar refractivity (Wildman–Crippen MR) is 408 cm³/mol. The molecule has 0 aliphatic carbocycles. The van der Waals surface area contributed by atoms with Gasteiger partial charge in [-0.05, 0) is 45.4 Å². The van der Waals surface area contributed by atoms with Gasteiger partial charge in [0.25, 0.3) is 0 Å². The average molecular weight is 1510 g/mol. The standard InChI is InChI=1S/C81H153N2O20P/c1-7-12-17-22-27-32-37-42-47-52-64(85)57-70(88)82-75-63(6)98-69(77(93)79(75)101-73(91)58-65(86)53-48-43-38-33-28-23-18-13-8-2)62-97-81-76(80(78(68(61-84)100-81)103-104(94,95)96)102-74(92)59-66(87)54-49-44-39-34-29-24-19-14-9-3)83-71(89)60-67(55-50-45-40-35-30-25-20-15-10-4)99-72(90)56-51-46-41-36-31-26-21-16-11-5/h63-69,75-81,84-87,93H,7-62H2,1-6H3,(H,82,88)(H,83,89)(H2,94,95,96)/t63?,64-,65-,66-,67-,68?,69?,75?,76?,77?,78?,79?,80?,81?/m1/s1. The minimum atomic E-state index is -5.52. The molecule has 22 nitrogen and oxygen atoms in total. The molecule has 612 valence electrons. The lowest BCUT2D eigenvalue weighted by Gasteiger charge is -2.47. The normalized spacial score (nSPS) is 21.8. The number of rotatable bonds is 69. The maximum Gasteiger partial charge on any atom is 0.470 e. The van der Waals surface area contributed by atoms with Crippen LogP contribution in [0.15, 0.2) is 0 Å². The minimum absolute atomic E-state index is 0.149. The highest BCUT2D eigenvalue weighted by molar-refractivity contribution is 7.46. The van der Waals surface area contributed by atoms with Crippen molar-refractivity contribution >= 4 is 37.5 Å². The molecule has 2 fully saturated rings. The van der Waals surface area contributed by atoms with Crippen LogP contribution in [0.3, 0.4) is 0 Å². The van der Waals surface area contributed by atoms with E-state index in [0.717, 1.165) is 161 Å². The molecule has 2 rings (SSSR count). The van der Waals surface area contributed by atoms with Gasteiger partial charge in [-0.25, -0.2) is 4.57 Å². The van der Waals surface area contributed by atoms with Crippen molar-refractivity contribution in [1.29, 1.82) is 0 Å². The first kappa shape index (κ1) is 97.2. The summed E-state index contributed by atoms with van der Waals surface area (Å²) in [6.45, 7) is 10.9. The monoisotopic (exact) mass is 1510 g/mol. The van der Waals surface area contributed by atoms with Crippen molar-refractivity contribution in [3.8, 4) is 0 Å². The highest BCUT2D eigenvalue weighted by atomic mass is 31.2. The first-order valence-electron chi connectivity index (χ1n) is 42.4. The highest BCUT2D eigenvalue weighted by Crippen LogP contribution is 2.43. The number of nitrogens with one attached hydrogen (secondary N) is 2. The lowest BCUT2D eigenvalue weighted by molar-refractivity contribution is -0.285. The molecule has 9 N–H and O–H groups in total. The van der Waals surface area contributed by atoms with Crippen LogP contribution < -0.4 is 10.6 Å². The summed E-state index contributed by atoms with van der Waals surface area (Å²) in [5.41, 5.74) is 0. The number of phosphoric ester groups is 1. The Morgan fingerprint density at radius 1 is 0.413 bits per heavy atom. The molecular weight excluding hydrogens is 1350 g/mol. The van der Waals surface area contributed by atoms with Gasteiger partial charge in [-0.1, -0.05) is 311 Å². The lowest BCUT2D eigenvalue weighted by atomic mass is 9.92. The first-order chi connectivity index (χ1) is 50.2. The Morgan fingerprint density at radius 2 is 0.760 bits per heavy atom. The molecule has 2 aliphatic heterocycles. The number of aliphatic hydroxyl groups is 5. The molecule has 104 heavy (non-hydrogen) atoms. The van der Waals surface area contributed by atoms with Crippen LogP contribution in [-0.2, 0) is 61.5 Å². The van der Waals surface area contributed by atoms with Gasteiger partial charge in [-0.15, -0.1) is 0 Å². The quantitative estimate of drug-likeness (QED) is 0.0118. The van der Waals surface area contributed by atoms with E-state index in [1.54, 1.807) is 6.92 Å². The van der Waals surface area contributed by atoms with Crippen LogP contribution in [0.4, 0.5) is 0 Å². The van der Waals surface area contributed by atoms with Crippen molar-refractivity contribution in [2.24, 2.45) is 0 Å². The molecular formula is C81H153N2O20P. The molecule has 0 bridgehead atoms. The van der Waals surface area contributed by atoms with E-state index in [-0.39, 0.29) is 19.3 Å². The number of ether oxygens (including phenoxy) is 6. The number of amides is 2. The van der Waals surface area contributed by atoms with Crippen molar-refractivity contribution in [2.45, 2.75) is 474 Å². The molecule has 0 aromatic carbocycles. The topological polar surface area (TPSA) is 333 Å². The van der Waals surface area contributed by atoms with Gasteiger partial charge in [-0.3, -0.25) is 28.5 Å². The zero-order valence-corrected chi connectivity index (χ0v) is 67.0. The number of esters is 3. The second kappa shape index (κ2) is 62.9. The number of carbonyl (C=O) groups is 5. The van der Waals surface area contributed by atoms with Crippen LogP contribution in [-0.4, -0.2) is 164 Å². The summed E-state index contributed by atoms with van der Waals surface area (Å²) in [5, 5.41) is 62.3. The molecule has 0 aromatic heterocycles. The largest absolute Gasteiger partial charge is 0.470 e. The Bertz CT molecular complexity index is 2180. The molecule has 0 radical (unpaired) electrons. The van der Waals surface area contributed by atoms with Gasteiger partial charge < -0.3 is 74.4 Å². The molecule has 2 saturated heterocycles. The Morgan fingerprint density at radius 3 is 1.15 bits per heavy atom. The Hall–Kier alpha value is -2.86. The summed E-state index contributed by atoms with van der Waals surface area (Å²) in [7, 11) is -5.52. The van der Waals surface area contributed by atoms with Crippen molar-refractivity contribution in [3.63, 3.8) is 0 Å². The molecule has 0 saturated carbocycles. The van der Waals surface area contributed by atoms with Gasteiger partial charge in [0.1, 0.15) is 36.6 Å². The van der Waals surface area contributed by atoms with Crippen LogP contribution in [0.5, 0.6) is 0 Å². The zero-order valence-electron chi connectivity index (χ0n) is 66.1. The van der Waals surface area contributed by atoms with E-state index < -0.39 is 156 Å². The number of phosphoric acid groups is 1. The SMILES string of the molecule is CCCCCCCCCCCC(=O)O[C@H](CCCCCCCCCCC)CC(=O)NC1C(OCC2OC(C)C(NC(=O)C[C@H](O)CCCCCCCCCCC)C(OC(=O)C[C@H](O)CCCCCCCCCCC)C2O)OC(CO)C(OP(=O)(O)O)C1OC(=O)C[C@H](O)CCCCCCCCCCC. The van der Waals surface area contributed by atoms with E-state index in [2.05, 4.69) is 45.3 Å². The summed E-state index contributed by atoms with van der Waals surface area (Å²) < 4.78 is 55.3. The maximum atomic E-state index is 14.8. The smallest absolute Gasteiger partial charge is 0.462 e. The maximum absolute atomic E-state index is 14.8. The summed E-state index contributed by atoms with van der Waals surface area (Å²) >= 11 is 0. The molecule has 2 aliphatic rings. The van der Waals surface area contributed by atoms with Gasteiger partial charge in [-0.2, -0.15) is 0 Å². The Labute approximate surface area is 629 Å². The fourth-order valence-electron chi connectivity index (χ4n) is 14.4. The van der Waals surface area contributed by atoms with Gasteiger partial charge in [0.2, 0.25) is 11.8 Å². The fourth-order valence-corrected chi connectivity index (χ4v) is 14.9. The van der Waals surface area contributed by atoms with E-state index in [4.69, 9.17) is 32.9 Å². The molecule has 23 heteroatoms. The number of aliphatic hydroxyl groups excluding tert-OH is 5. The van der Waals surface area contributed by atoms with Gasteiger partial charge in [0.05, 0.1) is 69.4 Å². The molecule has 0 aromatic rings. The average Bonchev–Trinajstić information content (AvgIpc) is 0.782. The molecule has 2 heterocycles. The van der Waals surface area contributed by atoms with Crippen LogP contribution in [0.1, 0.15) is 388 Å². The molecule has 14 atom stereocenters. The molecule has 2 amide bonds. The Balaban J connectivity index is 2.58. The van der Waals surface area contributed by atoms with E-state index in [1.807, 2.05) is 0 Å². The minimum Gasteiger partial charge on any atom is -0.462 e. The summed E-state index contributed by atoms with van der Waals surface area (Å²) in [5.74, 6) is -3.70. The first-order valence-corrected chi connectivity index (χ1v) is 43.9. The van der Waals surface area contributed by atoms with E-state index >= 15 is 0 Å². The summed E-state index contributed by atoms with van der Waals surface area (Å²) in [6.07, 6.45) is 29.8. The molecule has 0 spiro atoms.